The first kappa shape index (κ1) is 27.3. The van der Waals surface area contributed by atoms with E-state index in [4.69, 9.17) is 49.6 Å². The van der Waals surface area contributed by atoms with Crippen molar-refractivity contribution in [2.75, 3.05) is 39.3 Å². The van der Waals surface area contributed by atoms with E-state index >= 15 is 0 Å². The Kier molecular flexibility index (Phi) is 9.82. The maximum absolute atomic E-state index is 12.8. The van der Waals surface area contributed by atoms with Crippen molar-refractivity contribution in [2.24, 2.45) is 0 Å². The standard InChI is InChI=1S/C24H24Cl2N2O5S2/c1-14-5-6-16(12-17(14)25)27-21(29)13-33-22-18(26)9-15(10-19(22)32-3)11-20-23(30)28(24(34)35-20)7-4-8-31-2/h5-6,9-12H,4,7-8,13H2,1-3H3,(H,27,29)/b20-11-. The number of hydrogen-bond donors (Lipinski definition) is 1. The van der Waals surface area contributed by atoms with Gasteiger partial charge in [0.2, 0.25) is 0 Å². The first-order valence-corrected chi connectivity index (χ1v) is 12.5. The summed E-state index contributed by atoms with van der Waals surface area (Å²) in [7, 11) is 3.08. The molecule has 1 heterocycles. The molecule has 0 aromatic heterocycles. The van der Waals surface area contributed by atoms with Crippen molar-refractivity contribution in [3.05, 3.63) is 56.4 Å². The van der Waals surface area contributed by atoms with Crippen LogP contribution in [0.2, 0.25) is 10.0 Å². The van der Waals surface area contributed by atoms with Crippen LogP contribution in [0.3, 0.4) is 0 Å². The number of carbonyl (C=O) groups is 2. The fourth-order valence-electron chi connectivity index (χ4n) is 3.18. The van der Waals surface area contributed by atoms with E-state index in [9.17, 15) is 9.59 Å². The number of thiocarbonyl (C=S) groups is 1. The van der Waals surface area contributed by atoms with Gasteiger partial charge in [-0.1, -0.05) is 53.2 Å². The minimum absolute atomic E-state index is 0.167. The molecule has 1 saturated heterocycles. The van der Waals surface area contributed by atoms with E-state index in [-0.39, 0.29) is 29.2 Å². The summed E-state index contributed by atoms with van der Waals surface area (Å²) in [6.45, 7) is 2.62. The van der Waals surface area contributed by atoms with Gasteiger partial charge in [0.1, 0.15) is 4.32 Å². The Morgan fingerprint density at radius 1 is 1.20 bits per heavy atom. The number of nitrogens with zero attached hydrogens (tertiary/aromatic N) is 1. The van der Waals surface area contributed by atoms with Crippen molar-refractivity contribution >= 4 is 75.1 Å². The van der Waals surface area contributed by atoms with Crippen LogP contribution in [0.1, 0.15) is 17.5 Å². The van der Waals surface area contributed by atoms with Gasteiger partial charge in [-0.2, -0.15) is 0 Å². The molecule has 0 aliphatic carbocycles. The number of halogens is 2. The number of nitrogens with one attached hydrogen (secondary N) is 1. The lowest BCUT2D eigenvalue weighted by atomic mass is 10.1. The Labute approximate surface area is 223 Å². The van der Waals surface area contributed by atoms with E-state index in [1.165, 1.54) is 18.9 Å². The minimum atomic E-state index is -0.385. The Balaban J connectivity index is 1.70. The molecule has 35 heavy (non-hydrogen) atoms. The predicted molar refractivity (Wildman–Crippen MR) is 145 cm³/mol. The summed E-state index contributed by atoms with van der Waals surface area (Å²) in [5.74, 6) is -0.00955. The molecule has 0 radical (unpaired) electrons. The molecule has 3 rings (SSSR count). The maximum Gasteiger partial charge on any atom is 0.266 e. The van der Waals surface area contributed by atoms with Crippen LogP contribution in [0.25, 0.3) is 6.08 Å². The highest BCUT2D eigenvalue weighted by atomic mass is 35.5. The molecule has 1 aliphatic rings. The number of thioether (sulfide) groups is 1. The zero-order valence-corrected chi connectivity index (χ0v) is 22.5. The Morgan fingerprint density at radius 3 is 2.66 bits per heavy atom. The monoisotopic (exact) mass is 554 g/mol. The third-order valence-electron chi connectivity index (χ3n) is 4.96. The average molecular weight is 556 g/mol. The zero-order valence-electron chi connectivity index (χ0n) is 19.4. The quantitative estimate of drug-likeness (QED) is 0.234. The normalized spacial score (nSPS) is 14.5. The molecule has 11 heteroatoms. The molecule has 1 fully saturated rings. The number of benzene rings is 2. The average Bonchev–Trinajstić information content (AvgIpc) is 3.07. The first-order chi connectivity index (χ1) is 16.7. The number of methoxy groups -OCH3 is 2. The number of hydrogen-bond acceptors (Lipinski definition) is 7. The van der Waals surface area contributed by atoms with Crippen LogP contribution in [-0.4, -0.2) is 55.0 Å². The summed E-state index contributed by atoms with van der Waals surface area (Å²) < 4.78 is 16.6. The van der Waals surface area contributed by atoms with Crippen LogP contribution in [0.4, 0.5) is 5.69 Å². The lowest BCUT2D eigenvalue weighted by Crippen LogP contribution is -2.29. The van der Waals surface area contributed by atoms with Crippen LogP contribution in [0.15, 0.2) is 35.2 Å². The van der Waals surface area contributed by atoms with Crippen molar-refractivity contribution in [3.8, 4) is 11.5 Å². The number of carbonyl (C=O) groups excluding carboxylic acids is 2. The van der Waals surface area contributed by atoms with Gasteiger partial charge in [-0.25, -0.2) is 0 Å². The Bertz CT molecular complexity index is 1170. The molecule has 2 amide bonds. The molecule has 2 aromatic carbocycles. The van der Waals surface area contributed by atoms with Crippen molar-refractivity contribution < 1.29 is 23.8 Å². The first-order valence-electron chi connectivity index (χ1n) is 10.5. The molecule has 1 aliphatic heterocycles. The smallest absolute Gasteiger partial charge is 0.266 e. The van der Waals surface area contributed by atoms with Gasteiger partial charge in [0.25, 0.3) is 11.8 Å². The third-order valence-corrected chi connectivity index (χ3v) is 7.02. The van der Waals surface area contributed by atoms with E-state index < -0.39 is 0 Å². The lowest BCUT2D eigenvalue weighted by Gasteiger charge is -2.14. The van der Waals surface area contributed by atoms with Crippen LogP contribution < -0.4 is 14.8 Å². The van der Waals surface area contributed by atoms with Crippen LogP contribution in [0.5, 0.6) is 11.5 Å². The molecule has 0 unspecified atom stereocenters. The van der Waals surface area contributed by atoms with Gasteiger partial charge >= 0.3 is 0 Å². The molecule has 7 nitrogen and oxygen atoms in total. The van der Waals surface area contributed by atoms with Crippen LogP contribution >= 0.6 is 47.2 Å². The van der Waals surface area contributed by atoms with Gasteiger partial charge in [0.05, 0.1) is 17.0 Å². The Hall–Kier alpha value is -2.30. The molecule has 1 N–H and O–H groups in total. The molecule has 0 atom stereocenters. The predicted octanol–water partition coefficient (Wildman–Crippen LogP) is 5.57. The van der Waals surface area contributed by atoms with E-state index in [0.29, 0.717) is 50.8 Å². The summed E-state index contributed by atoms with van der Waals surface area (Å²) in [6.07, 6.45) is 2.38. The van der Waals surface area contributed by atoms with E-state index in [2.05, 4.69) is 5.32 Å². The van der Waals surface area contributed by atoms with Crippen molar-refractivity contribution in [1.82, 2.24) is 4.90 Å². The van der Waals surface area contributed by atoms with Crippen molar-refractivity contribution in [1.29, 1.82) is 0 Å². The summed E-state index contributed by atoms with van der Waals surface area (Å²) in [5, 5.41) is 3.51. The van der Waals surface area contributed by atoms with E-state index in [1.807, 2.05) is 13.0 Å². The number of rotatable bonds is 10. The SMILES string of the molecule is COCCCN1C(=O)/C(=C/c2cc(Cl)c(OCC(=O)Nc3ccc(C)c(Cl)c3)c(OC)c2)SC1=S. The van der Waals surface area contributed by atoms with Gasteiger partial charge in [-0.05, 0) is 54.8 Å². The van der Waals surface area contributed by atoms with Crippen molar-refractivity contribution in [3.63, 3.8) is 0 Å². The summed E-state index contributed by atoms with van der Waals surface area (Å²) in [6, 6.07) is 8.54. The molecular formula is C24H24Cl2N2O5S2. The second-order valence-corrected chi connectivity index (χ2v) is 10.0. The number of amides is 2. The molecular weight excluding hydrogens is 531 g/mol. The molecule has 0 bridgehead atoms. The Morgan fingerprint density at radius 2 is 1.97 bits per heavy atom. The summed E-state index contributed by atoms with van der Waals surface area (Å²) >= 11 is 19.1. The highest BCUT2D eigenvalue weighted by Gasteiger charge is 2.31. The fraction of sp³-hybridized carbons (Fsp3) is 0.292. The highest BCUT2D eigenvalue weighted by Crippen LogP contribution is 2.39. The van der Waals surface area contributed by atoms with Gasteiger partial charge in [0.15, 0.2) is 18.1 Å². The second kappa shape index (κ2) is 12.6. The lowest BCUT2D eigenvalue weighted by molar-refractivity contribution is -0.122. The zero-order chi connectivity index (χ0) is 25.5. The molecule has 2 aromatic rings. The van der Waals surface area contributed by atoms with Crippen molar-refractivity contribution in [2.45, 2.75) is 13.3 Å². The molecule has 0 saturated carbocycles. The van der Waals surface area contributed by atoms with E-state index in [1.54, 1.807) is 42.4 Å². The largest absolute Gasteiger partial charge is 0.493 e. The topological polar surface area (TPSA) is 77.1 Å². The van der Waals surface area contributed by atoms with Gasteiger partial charge in [-0.3, -0.25) is 14.5 Å². The number of aryl methyl sites for hydroxylation is 1. The summed E-state index contributed by atoms with van der Waals surface area (Å²) in [4.78, 5) is 27.1. The minimum Gasteiger partial charge on any atom is -0.493 e. The van der Waals surface area contributed by atoms with Crippen LogP contribution in [0, 0.1) is 6.92 Å². The van der Waals surface area contributed by atoms with Gasteiger partial charge < -0.3 is 19.5 Å². The maximum atomic E-state index is 12.8. The van der Waals surface area contributed by atoms with E-state index in [0.717, 1.165) is 5.56 Å². The third kappa shape index (κ3) is 7.11. The molecule has 0 spiro atoms. The van der Waals surface area contributed by atoms with Gasteiger partial charge in [-0.15, -0.1) is 0 Å². The fourth-order valence-corrected chi connectivity index (χ4v) is 4.94. The van der Waals surface area contributed by atoms with Crippen LogP contribution in [-0.2, 0) is 14.3 Å². The molecule has 186 valence electrons. The number of ether oxygens (including phenoxy) is 3. The van der Waals surface area contributed by atoms with Gasteiger partial charge in [0, 0.05) is 31.0 Å². The number of anilines is 1. The summed E-state index contributed by atoms with van der Waals surface area (Å²) in [5.41, 5.74) is 2.10. The second-order valence-electron chi connectivity index (χ2n) is 7.51. The highest BCUT2D eigenvalue weighted by molar-refractivity contribution is 8.26.